The van der Waals surface area contributed by atoms with Crippen LogP contribution in [-0.4, -0.2) is 76.9 Å². The lowest BCUT2D eigenvalue weighted by Gasteiger charge is -2.26. The van der Waals surface area contributed by atoms with Crippen LogP contribution in [-0.2, 0) is 14.3 Å². The minimum absolute atomic E-state index is 0.169. The molecule has 2 heterocycles. The van der Waals surface area contributed by atoms with Gasteiger partial charge in [0.15, 0.2) is 11.5 Å². The van der Waals surface area contributed by atoms with Gasteiger partial charge in [-0.05, 0) is 31.5 Å². The van der Waals surface area contributed by atoms with E-state index < -0.39 is 5.92 Å². The maximum absolute atomic E-state index is 12.8. The predicted molar refractivity (Wildman–Crippen MR) is 105 cm³/mol. The normalized spacial score (nSPS) is 20.3. The van der Waals surface area contributed by atoms with Crippen molar-refractivity contribution in [2.75, 3.05) is 65.1 Å². The number of ether oxygens (including phenoxy) is 3. The van der Waals surface area contributed by atoms with Crippen molar-refractivity contribution in [2.45, 2.75) is 12.8 Å². The number of hydrogen-bond acceptors (Lipinski definition) is 6. The molecule has 0 aromatic heterocycles. The molecule has 0 saturated carbocycles. The van der Waals surface area contributed by atoms with Gasteiger partial charge >= 0.3 is 0 Å². The largest absolute Gasteiger partial charge is 0.493 e. The van der Waals surface area contributed by atoms with Crippen LogP contribution >= 0.6 is 0 Å². The summed E-state index contributed by atoms with van der Waals surface area (Å²) < 4.78 is 15.9. The third kappa shape index (κ3) is 4.74. The Labute approximate surface area is 165 Å². The number of methoxy groups -OCH3 is 2. The highest BCUT2D eigenvalue weighted by molar-refractivity contribution is 6.09. The molecule has 8 heteroatoms. The summed E-state index contributed by atoms with van der Waals surface area (Å²) in [6.45, 7) is 5.45. The van der Waals surface area contributed by atoms with Crippen LogP contribution in [0.3, 0.4) is 0 Å². The molecular weight excluding hydrogens is 362 g/mol. The van der Waals surface area contributed by atoms with Gasteiger partial charge in [-0.15, -0.1) is 0 Å². The van der Waals surface area contributed by atoms with Crippen molar-refractivity contribution in [3.8, 4) is 11.5 Å². The fraction of sp³-hybridized carbons (Fsp3) is 0.600. The zero-order valence-electron chi connectivity index (χ0n) is 16.6. The third-order valence-electron chi connectivity index (χ3n) is 5.25. The van der Waals surface area contributed by atoms with Crippen LogP contribution in [0.1, 0.15) is 12.8 Å². The topological polar surface area (TPSA) is 80.3 Å². The summed E-state index contributed by atoms with van der Waals surface area (Å²) >= 11 is 0. The average molecular weight is 391 g/mol. The molecule has 8 nitrogen and oxygen atoms in total. The second kappa shape index (κ2) is 9.75. The maximum Gasteiger partial charge on any atom is 0.239 e. The second-order valence-corrected chi connectivity index (χ2v) is 6.97. The van der Waals surface area contributed by atoms with Gasteiger partial charge in [0.25, 0.3) is 0 Å². The standard InChI is InChI=1S/C20H29N3O5/c1-26-17-5-4-15(14-18(17)27-2)23-9-6-16(20(23)25)19(24)21-7-3-8-22-10-12-28-13-11-22/h4-5,14,16H,3,6-13H2,1-2H3,(H,21,24). The van der Waals surface area contributed by atoms with E-state index in [4.69, 9.17) is 14.2 Å². The monoisotopic (exact) mass is 391 g/mol. The lowest BCUT2D eigenvalue weighted by molar-refractivity contribution is -0.132. The third-order valence-corrected chi connectivity index (χ3v) is 5.25. The number of benzene rings is 1. The van der Waals surface area contributed by atoms with Gasteiger partial charge in [-0.2, -0.15) is 0 Å². The Kier molecular flexibility index (Phi) is 7.11. The van der Waals surface area contributed by atoms with Gasteiger partial charge in [-0.1, -0.05) is 0 Å². The van der Waals surface area contributed by atoms with E-state index in [0.717, 1.165) is 39.3 Å². The molecule has 154 valence electrons. The molecule has 28 heavy (non-hydrogen) atoms. The molecular formula is C20H29N3O5. The Morgan fingerprint density at radius 3 is 2.64 bits per heavy atom. The molecule has 1 N–H and O–H groups in total. The zero-order valence-corrected chi connectivity index (χ0v) is 16.6. The minimum atomic E-state index is -0.628. The van der Waals surface area contributed by atoms with Gasteiger partial charge in [0.05, 0.1) is 27.4 Å². The van der Waals surface area contributed by atoms with Gasteiger partial charge in [0, 0.05) is 37.9 Å². The molecule has 2 amide bonds. The predicted octanol–water partition coefficient (Wildman–Crippen LogP) is 0.895. The number of carbonyl (C=O) groups is 2. The Hall–Kier alpha value is -2.32. The minimum Gasteiger partial charge on any atom is -0.493 e. The Balaban J connectivity index is 1.49. The summed E-state index contributed by atoms with van der Waals surface area (Å²) in [4.78, 5) is 29.2. The SMILES string of the molecule is COc1ccc(N2CCC(C(=O)NCCCN3CCOCC3)C2=O)cc1OC. The summed E-state index contributed by atoms with van der Waals surface area (Å²) in [5.41, 5.74) is 0.713. The average Bonchev–Trinajstić information content (AvgIpc) is 3.12. The van der Waals surface area contributed by atoms with Crippen molar-refractivity contribution in [1.82, 2.24) is 10.2 Å². The maximum atomic E-state index is 12.8. The molecule has 1 aromatic carbocycles. The molecule has 0 bridgehead atoms. The van der Waals surface area contributed by atoms with Crippen LogP contribution in [0.15, 0.2) is 18.2 Å². The Bertz CT molecular complexity index is 690. The summed E-state index contributed by atoms with van der Waals surface area (Å²) in [6.07, 6.45) is 1.38. The lowest BCUT2D eigenvalue weighted by Crippen LogP contribution is -2.40. The van der Waals surface area contributed by atoms with E-state index in [-0.39, 0.29) is 11.8 Å². The molecule has 1 aromatic rings. The van der Waals surface area contributed by atoms with Gasteiger partial charge in [0.2, 0.25) is 11.8 Å². The highest BCUT2D eigenvalue weighted by atomic mass is 16.5. The number of morpholine rings is 1. The van der Waals surface area contributed by atoms with E-state index in [9.17, 15) is 9.59 Å². The van der Waals surface area contributed by atoms with Crippen molar-refractivity contribution in [2.24, 2.45) is 5.92 Å². The first-order chi connectivity index (χ1) is 13.6. The first-order valence-corrected chi connectivity index (χ1v) is 9.75. The molecule has 1 atom stereocenters. The molecule has 2 aliphatic rings. The van der Waals surface area contributed by atoms with Gasteiger partial charge in [0.1, 0.15) is 5.92 Å². The zero-order chi connectivity index (χ0) is 19.9. The molecule has 1 unspecified atom stereocenters. The van der Waals surface area contributed by atoms with Gasteiger partial charge in [-0.25, -0.2) is 0 Å². The highest BCUT2D eigenvalue weighted by Crippen LogP contribution is 2.34. The van der Waals surface area contributed by atoms with Crippen molar-refractivity contribution < 1.29 is 23.8 Å². The summed E-state index contributed by atoms with van der Waals surface area (Å²) in [5.74, 6) is 0.181. The number of hydrogen-bond donors (Lipinski definition) is 1. The van der Waals surface area contributed by atoms with Crippen LogP contribution in [0.25, 0.3) is 0 Å². The highest BCUT2D eigenvalue weighted by Gasteiger charge is 2.37. The van der Waals surface area contributed by atoms with Gasteiger partial charge < -0.3 is 24.4 Å². The van der Waals surface area contributed by atoms with Crippen LogP contribution in [0.2, 0.25) is 0 Å². The van der Waals surface area contributed by atoms with Crippen molar-refractivity contribution in [3.63, 3.8) is 0 Å². The number of anilines is 1. The fourth-order valence-electron chi connectivity index (χ4n) is 3.63. The smallest absolute Gasteiger partial charge is 0.239 e. The van der Waals surface area contributed by atoms with Gasteiger partial charge in [-0.3, -0.25) is 14.5 Å². The van der Waals surface area contributed by atoms with E-state index in [0.29, 0.717) is 36.7 Å². The van der Waals surface area contributed by atoms with E-state index in [2.05, 4.69) is 10.2 Å². The first-order valence-electron chi connectivity index (χ1n) is 9.75. The molecule has 0 spiro atoms. The van der Waals surface area contributed by atoms with Crippen molar-refractivity contribution in [3.05, 3.63) is 18.2 Å². The number of nitrogens with one attached hydrogen (secondary N) is 1. The Morgan fingerprint density at radius 1 is 1.18 bits per heavy atom. The summed E-state index contributed by atoms with van der Waals surface area (Å²) in [7, 11) is 3.12. The quantitative estimate of drug-likeness (QED) is 0.524. The number of rotatable bonds is 8. The number of amides is 2. The van der Waals surface area contributed by atoms with Crippen LogP contribution in [0, 0.1) is 5.92 Å². The molecule has 3 rings (SSSR count). The van der Waals surface area contributed by atoms with E-state index in [1.54, 1.807) is 31.3 Å². The van der Waals surface area contributed by atoms with E-state index >= 15 is 0 Å². The first kappa shape index (κ1) is 20.4. The van der Waals surface area contributed by atoms with Crippen molar-refractivity contribution in [1.29, 1.82) is 0 Å². The van der Waals surface area contributed by atoms with Crippen LogP contribution in [0.4, 0.5) is 5.69 Å². The second-order valence-electron chi connectivity index (χ2n) is 6.97. The molecule has 2 fully saturated rings. The molecule has 0 aliphatic carbocycles. The van der Waals surface area contributed by atoms with E-state index in [1.807, 2.05) is 6.07 Å². The number of carbonyl (C=O) groups excluding carboxylic acids is 2. The van der Waals surface area contributed by atoms with Crippen LogP contribution < -0.4 is 19.7 Å². The molecule has 2 saturated heterocycles. The van der Waals surface area contributed by atoms with E-state index in [1.165, 1.54) is 0 Å². The summed E-state index contributed by atoms with van der Waals surface area (Å²) in [6, 6.07) is 5.34. The number of nitrogens with zero attached hydrogens (tertiary/aromatic N) is 2. The molecule has 2 aliphatic heterocycles. The van der Waals surface area contributed by atoms with Crippen LogP contribution in [0.5, 0.6) is 11.5 Å². The Morgan fingerprint density at radius 2 is 1.93 bits per heavy atom. The lowest BCUT2D eigenvalue weighted by atomic mass is 10.1. The molecule has 0 radical (unpaired) electrons. The fourth-order valence-corrected chi connectivity index (χ4v) is 3.63. The van der Waals surface area contributed by atoms with Crippen molar-refractivity contribution >= 4 is 17.5 Å². The summed E-state index contributed by atoms with van der Waals surface area (Å²) in [5, 5.41) is 2.92.